The van der Waals surface area contributed by atoms with Crippen molar-refractivity contribution in [3.8, 4) is 0 Å². The Morgan fingerprint density at radius 3 is 2.66 bits per heavy atom. The van der Waals surface area contributed by atoms with E-state index in [0.717, 1.165) is 50.3 Å². The molecule has 3 aliphatic heterocycles. The van der Waals surface area contributed by atoms with Crippen molar-refractivity contribution >= 4 is 5.91 Å². The lowest BCUT2D eigenvalue weighted by atomic mass is 9.71. The van der Waals surface area contributed by atoms with E-state index < -0.39 is 17.6 Å². The number of piperidine rings is 3. The third-order valence-electron chi connectivity index (χ3n) is 6.92. The molecule has 0 radical (unpaired) electrons. The van der Waals surface area contributed by atoms with Crippen LogP contribution in [0.1, 0.15) is 56.6 Å². The summed E-state index contributed by atoms with van der Waals surface area (Å²) < 4.78 is 53.4. The largest absolute Gasteiger partial charge is 0.416 e. The number of hydrogen-bond donors (Lipinski definition) is 0. The number of fused-ring (bicyclic) bond motifs is 4. The zero-order valence-electron chi connectivity index (χ0n) is 16.7. The number of hydrogen-bond acceptors (Lipinski definition) is 2. The maximum atomic E-state index is 14.3. The van der Waals surface area contributed by atoms with Crippen LogP contribution in [0.15, 0.2) is 18.2 Å². The van der Waals surface area contributed by atoms with E-state index in [1.807, 2.05) is 0 Å². The number of carbonyl (C=O) groups is 1. The molecular formula is C22H28F4N2O. The molecule has 1 amide bonds. The molecule has 1 aromatic rings. The van der Waals surface area contributed by atoms with Crippen LogP contribution in [0.2, 0.25) is 0 Å². The van der Waals surface area contributed by atoms with Gasteiger partial charge in [0.1, 0.15) is 5.82 Å². The Balaban J connectivity index is 1.56. The number of alkyl halides is 3. The maximum Gasteiger partial charge on any atom is 0.416 e. The molecule has 3 fully saturated rings. The van der Waals surface area contributed by atoms with Crippen molar-refractivity contribution in [3.05, 3.63) is 35.1 Å². The van der Waals surface area contributed by atoms with E-state index >= 15 is 0 Å². The van der Waals surface area contributed by atoms with Crippen LogP contribution in [-0.2, 0) is 17.5 Å². The number of rotatable bonds is 4. The number of benzene rings is 1. The molecule has 0 N–H and O–H groups in total. The van der Waals surface area contributed by atoms with E-state index in [0.29, 0.717) is 31.3 Å². The minimum absolute atomic E-state index is 0.100. The lowest BCUT2D eigenvalue weighted by Gasteiger charge is -2.57. The van der Waals surface area contributed by atoms with Crippen LogP contribution in [0.3, 0.4) is 0 Å². The summed E-state index contributed by atoms with van der Waals surface area (Å²) in [6.45, 7) is 3.71. The number of carbonyl (C=O) groups excluding carboxylic acids is 1. The standard InChI is InChI=1S/C22H28F4N2O/c1-2-4-19-15-9-16(20-5-3-6-21(29)28(19)20)13-27(12-15)11-14-10-17(22(24,25)26)7-8-18(14)23/h7-8,10,15-16,19-20H,2-6,9,11-13H2,1H3/t15-,16+,19-,20-/m0/s1. The van der Waals surface area contributed by atoms with Crippen LogP contribution in [0.4, 0.5) is 17.6 Å². The van der Waals surface area contributed by atoms with Gasteiger partial charge in [-0.05, 0) is 55.7 Å². The molecule has 160 valence electrons. The highest BCUT2D eigenvalue weighted by Crippen LogP contribution is 2.43. The first-order valence-electron chi connectivity index (χ1n) is 10.7. The van der Waals surface area contributed by atoms with Crippen molar-refractivity contribution in [2.45, 2.75) is 70.3 Å². The van der Waals surface area contributed by atoms with Crippen LogP contribution >= 0.6 is 0 Å². The Morgan fingerprint density at radius 2 is 1.93 bits per heavy atom. The highest BCUT2D eigenvalue weighted by Gasteiger charge is 2.48. The Bertz CT molecular complexity index is 766. The van der Waals surface area contributed by atoms with Crippen molar-refractivity contribution < 1.29 is 22.4 Å². The molecular weight excluding hydrogens is 384 g/mol. The molecule has 29 heavy (non-hydrogen) atoms. The van der Waals surface area contributed by atoms with Gasteiger partial charge >= 0.3 is 6.18 Å². The Labute approximate surface area is 169 Å². The van der Waals surface area contributed by atoms with Gasteiger partial charge in [0, 0.05) is 43.7 Å². The van der Waals surface area contributed by atoms with E-state index in [1.54, 1.807) is 0 Å². The fourth-order valence-corrected chi connectivity index (χ4v) is 5.78. The molecule has 3 heterocycles. The molecule has 4 rings (SSSR count). The van der Waals surface area contributed by atoms with Crippen molar-refractivity contribution in [1.82, 2.24) is 9.80 Å². The van der Waals surface area contributed by atoms with Gasteiger partial charge in [0.25, 0.3) is 0 Å². The second kappa shape index (κ2) is 7.89. The minimum Gasteiger partial charge on any atom is -0.336 e. The Hall–Kier alpha value is -1.63. The summed E-state index contributed by atoms with van der Waals surface area (Å²) >= 11 is 0. The average molecular weight is 412 g/mol. The Kier molecular flexibility index (Phi) is 5.62. The van der Waals surface area contributed by atoms with Gasteiger partial charge in [-0.3, -0.25) is 9.69 Å². The lowest BCUT2D eigenvalue weighted by molar-refractivity contribution is -0.153. The average Bonchev–Trinajstić information content (AvgIpc) is 2.66. The predicted octanol–water partition coefficient (Wildman–Crippen LogP) is 4.85. The molecule has 4 atom stereocenters. The number of amides is 1. The van der Waals surface area contributed by atoms with Crippen LogP contribution < -0.4 is 0 Å². The fraction of sp³-hybridized carbons (Fsp3) is 0.682. The third-order valence-corrected chi connectivity index (χ3v) is 6.92. The first kappa shape index (κ1) is 20.6. The first-order chi connectivity index (χ1) is 13.8. The summed E-state index contributed by atoms with van der Waals surface area (Å²) in [5.41, 5.74) is -0.706. The normalized spacial score (nSPS) is 30.4. The molecule has 7 heteroatoms. The molecule has 3 aliphatic rings. The summed E-state index contributed by atoms with van der Waals surface area (Å²) in [4.78, 5) is 16.9. The molecule has 3 saturated heterocycles. The van der Waals surface area contributed by atoms with Crippen LogP contribution in [-0.4, -0.2) is 40.9 Å². The van der Waals surface area contributed by atoms with Gasteiger partial charge in [-0.25, -0.2) is 4.39 Å². The van der Waals surface area contributed by atoms with Crippen LogP contribution in [0.5, 0.6) is 0 Å². The van der Waals surface area contributed by atoms with Crippen molar-refractivity contribution in [2.75, 3.05) is 13.1 Å². The molecule has 3 nitrogen and oxygen atoms in total. The minimum atomic E-state index is -4.48. The van der Waals surface area contributed by atoms with E-state index in [2.05, 4.69) is 16.7 Å². The molecule has 1 aromatic carbocycles. The molecule has 0 saturated carbocycles. The van der Waals surface area contributed by atoms with Gasteiger partial charge in [-0.2, -0.15) is 13.2 Å². The zero-order chi connectivity index (χ0) is 20.8. The first-order valence-corrected chi connectivity index (χ1v) is 10.7. The van der Waals surface area contributed by atoms with Gasteiger partial charge < -0.3 is 4.90 Å². The van der Waals surface area contributed by atoms with Gasteiger partial charge in [0.2, 0.25) is 5.91 Å². The molecule has 0 unspecified atom stereocenters. The lowest BCUT2D eigenvalue weighted by Crippen LogP contribution is -2.64. The second-order valence-electron chi connectivity index (χ2n) is 8.87. The monoisotopic (exact) mass is 412 g/mol. The summed E-state index contributed by atoms with van der Waals surface area (Å²) in [5, 5.41) is 0. The molecule has 0 aliphatic carbocycles. The maximum absolute atomic E-state index is 14.3. The Morgan fingerprint density at radius 1 is 1.17 bits per heavy atom. The topological polar surface area (TPSA) is 23.6 Å². The van der Waals surface area contributed by atoms with Gasteiger partial charge in [-0.15, -0.1) is 0 Å². The summed E-state index contributed by atoms with van der Waals surface area (Å²) in [6.07, 6.45) is 1.04. The smallest absolute Gasteiger partial charge is 0.336 e. The SMILES string of the molecule is CCC[C@H]1[C@H]2C[C@H](CN(Cc3cc(C(F)(F)F)ccc3F)C2)[C@@H]2CCCC(=O)N21. The summed E-state index contributed by atoms with van der Waals surface area (Å²) in [6, 6.07) is 3.08. The van der Waals surface area contributed by atoms with E-state index in [4.69, 9.17) is 0 Å². The number of nitrogens with zero attached hydrogens (tertiary/aromatic N) is 2. The number of likely N-dealkylation sites (tertiary alicyclic amines) is 1. The molecule has 2 bridgehead atoms. The van der Waals surface area contributed by atoms with E-state index in [-0.39, 0.29) is 30.1 Å². The summed E-state index contributed by atoms with van der Waals surface area (Å²) in [7, 11) is 0. The fourth-order valence-electron chi connectivity index (χ4n) is 5.78. The summed E-state index contributed by atoms with van der Waals surface area (Å²) in [5.74, 6) is 0.293. The zero-order valence-corrected chi connectivity index (χ0v) is 16.7. The highest BCUT2D eigenvalue weighted by atomic mass is 19.4. The molecule has 0 spiro atoms. The highest BCUT2D eigenvalue weighted by molar-refractivity contribution is 5.78. The number of halogens is 4. The van der Waals surface area contributed by atoms with Gasteiger partial charge in [-0.1, -0.05) is 13.3 Å². The quantitative estimate of drug-likeness (QED) is 0.661. The van der Waals surface area contributed by atoms with Crippen molar-refractivity contribution in [3.63, 3.8) is 0 Å². The van der Waals surface area contributed by atoms with Crippen LogP contribution in [0, 0.1) is 17.7 Å². The second-order valence-corrected chi connectivity index (χ2v) is 8.87. The van der Waals surface area contributed by atoms with E-state index in [9.17, 15) is 22.4 Å². The van der Waals surface area contributed by atoms with E-state index in [1.165, 1.54) is 0 Å². The predicted molar refractivity (Wildman–Crippen MR) is 101 cm³/mol. The third kappa shape index (κ3) is 4.03. The van der Waals surface area contributed by atoms with Gasteiger partial charge in [0.15, 0.2) is 0 Å². The van der Waals surface area contributed by atoms with Crippen molar-refractivity contribution in [1.29, 1.82) is 0 Å². The van der Waals surface area contributed by atoms with Gasteiger partial charge in [0.05, 0.1) is 5.56 Å². The van der Waals surface area contributed by atoms with Crippen molar-refractivity contribution in [2.24, 2.45) is 11.8 Å². The van der Waals surface area contributed by atoms with Crippen LogP contribution in [0.25, 0.3) is 0 Å². The molecule has 0 aromatic heterocycles.